The van der Waals surface area contributed by atoms with Crippen LogP contribution in [0.2, 0.25) is 0 Å². The molecule has 1 atom stereocenters. The Morgan fingerprint density at radius 2 is 1.81 bits per heavy atom. The smallest absolute Gasteiger partial charge is 0.409 e. The van der Waals surface area contributed by atoms with E-state index >= 15 is 0 Å². The van der Waals surface area contributed by atoms with Crippen LogP contribution in [0.1, 0.15) is 57.1 Å². The molecule has 8 heteroatoms. The van der Waals surface area contributed by atoms with Crippen molar-refractivity contribution in [3.05, 3.63) is 35.4 Å². The molecule has 174 valence electrons. The number of benzene rings is 1. The average molecular weight is 543 g/mol. The maximum Gasteiger partial charge on any atom is 0.409 e. The molecule has 0 saturated carbocycles. The molecule has 2 aliphatic heterocycles. The molecule has 3 N–H and O–H groups in total. The fourth-order valence-electron chi connectivity index (χ4n) is 4.23. The van der Waals surface area contributed by atoms with Crippen LogP contribution in [0.25, 0.3) is 0 Å². The quantitative estimate of drug-likeness (QED) is 0.325. The van der Waals surface area contributed by atoms with E-state index in [-0.39, 0.29) is 36.1 Å². The van der Waals surface area contributed by atoms with Crippen LogP contribution in [0, 0.1) is 0 Å². The Bertz CT molecular complexity index is 704. The standard InChI is InChI=1S/C23H37N5O2.HI/c1-3-30-23(29)27-14-11-21(12-15-27)26-22(24)25-16-19-7-9-20(10-8-19)17-28-13-5-4-6-18(28)2;/h7-10,18,21H,3-6,11-17H2,1-2H3,(H3,24,25,26);1H. The average Bonchev–Trinajstić information content (AvgIpc) is 2.75. The summed E-state index contributed by atoms with van der Waals surface area (Å²) in [6, 6.07) is 9.64. The first kappa shape index (κ1) is 25.7. The Labute approximate surface area is 203 Å². The van der Waals surface area contributed by atoms with Gasteiger partial charge in [0.15, 0.2) is 5.96 Å². The highest BCUT2D eigenvalue weighted by Crippen LogP contribution is 2.19. The molecule has 2 fully saturated rings. The van der Waals surface area contributed by atoms with Gasteiger partial charge in [0.2, 0.25) is 0 Å². The summed E-state index contributed by atoms with van der Waals surface area (Å²) in [5.74, 6) is 0.468. The molecule has 0 radical (unpaired) electrons. The van der Waals surface area contributed by atoms with Crippen molar-refractivity contribution in [3.8, 4) is 0 Å². The number of hydrogen-bond acceptors (Lipinski definition) is 4. The zero-order valence-electron chi connectivity index (χ0n) is 18.9. The van der Waals surface area contributed by atoms with Crippen LogP contribution >= 0.6 is 24.0 Å². The number of halogens is 1. The highest BCUT2D eigenvalue weighted by atomic mass is 127. The van der Waals surface area contributed by atoms with Gasteiger partial charge in [-0.3, -0.25) is 4.90 Å². The third kappa shape index (κ3) is 8.14. The molecule has 2 saturated heterocycles. The molecule has 0 aliphatic carbocycles. The predicted molar refractivity (Wildman–Crippen MR) is 136 cm³/mol. The van der Waals surface area contributed by atoms with Crippen LogP contribution in [0.5, 0.6) is 0 Å². The van der Waals surface area contributed by atoms with Crippen molar-refractivity contribution in [2.24, 2.45) is 10.7 Å². The second-order valence-corrected chi connectivity index (χ2v) is 8.44. The van der Waals surface area contributed by atoms with Crippen LogP contribution in [-0.2, 0) is 17.8 Å². The van der Waals surface area contributed by atoms with Crippen molar-refractivity contribution in [2.75, 3.05) is 26.2 Å². The second-order valence-electron chi connectivity index (χ2n) is 8.44. The summed E-state index contributed by atoms with van der Waals surface area (Å²) < 4.78 is 5.06. The van der Waals surface area contributed by atoms with Gasteiger partial charge < -0.3 is 20.7 Å². The Kier molecular flexibility index (Phi) is 10.9. The van der Waals surface area contributed by atoms with E-state index in [9.17, 15) is 4.79 Å². The summed E-state index contributed by atoms with van der Waals surface area (Å²) in [5, 5.41) is 3.29. The number of ether oxygens (including phenoxy) is 1. The van der Waals surface area contributed by atoms with Crippen molar-refractivity contribution < 1.29 is 9.53 Å². The second kappa shape index (κ2) is 13.1. The number of nitrogens with two attached hydrogens (primary N) is 1. The molecule has 31 heavy (non-hydrogen) atoms. The van der Waals surface area contributed by atoms with Gasteiger partial charge in [-0.25, -0.2) is 9.79 Å². The first-order valence-electron chi connectivity index (χ1n) is 11.3. The summed E-state index contributed by atoms with van der Waals surface area (Å²) in [4.78, 5) is 20.6. The molecule has 7 nitrogen and oxygen atoms in total. The maximum atomic E-state index is 11.8. The largest absolute Gasteiger partial charge is 0.450 e. The number of rotatable bonds is 6. The molecule has 0 bridgehead atoms. The maximum absolute atomic E-state index is 11.8. The lowest BCUT2D eigenvalue weighted by Crippen LogP contribution is -2.48. The van der Waals surface area contributed by atoms with Gasteiger partial charge in [-0.2, -0.15) is 0 Å². The highest BCUT2D eigenvalue weighted by molar-refractivity contribution is 14.0. The third-order valence-electron chi connectivity index (χ3n) is 6.15. The van der Waals surface area contributed by atoms with Crippen molar-refractivity contribution in [1.82, 2.24) is 15.1 Å². The van der Waals surface area contributed by atoms with E-state index in [1.165, 1.54) is 31.4 Å². The fourth-order valence-corrected chi connectivity index (χ4v) is 4.23. The molecule has 1 aromatic carbocycles. The number of carbonyl (C=O) groups excluding carboxylic acids is 1. The number of aliphatic imine (C=N–C) groups is 1. The summed E-state index contributed by atoms with van der Waals surface area (Å²) in [5.41, 5.74) is 8.61. The van der Waals surface area contributed by atoms with Gasteiger partial charge in [-0.1, -0.05) is 30.7 Å². The summed E-state index contributed by atoms with van der Waals surface area (Å²) in [7, 11) is 0. The normalized spacial score (nSPS) is 20.8. The zero-order chi connectivity index (χ0) is 21.3. The van der Waals surface area contributed by atoms with E-state index in [0.29, 0.717) is 38.2 Å². The molecule has 3 rings (SSSR count). The lowest BCUT2D eigenvalue weighted by molar-refractivity contribution is 0.0963. The van der Waals surface area contributed by atoms with Crippen LogP contribution < -0.4 is 11.1 Å². The molecule has 1 amide bonds. The topological polar surface area (TPSA) is 83.2 Å². The molecule has 1 unspecified atom stereocenters. The van der Waals surface area contributed by atoms with E-state index in [1.807, 2.05) is 6.92 Å². The van der Waals surface area contributed by atoms with E-state index < -0.39 is 0 Å². The fraction of sp³-hybridized carbons (Fsp3) is 0.652. The zero-order valence-corrected chi connectivity index (χ0v) is 21.2. The number of likely N-dealkylation sites (tertiary alicyclic amines) is 2. The monoisotopic (exact) mass is 543 g/mol. The number of carbonyl (C=O) groups is 1. The summed E-state index contributed by atoms with van der Waals surface area (Å²) in [6.45, 7) is 8.73. The molecule has 1 aromatic rings. The summed E-state index contributed by atoms with van der Waals surface area (Å²) >= 11 is 0. The van der Waals surface area contributed by atoms with Gasteiger partial charge >= 0.3 is 6.09 Å². The van der Waals surface area contributed by atoms with Gasteiger partial charge in [-0.05, 0) is 57.2 Å². The van der Waals surface area contributed by atoms with Crippen molar-refractivity contribution in [3.63, 3.8) is 0 Å². The van der Waals surface area contributed by atoms with E-state index in [0.717, 1.165) is 24.9 Å². The number of amides is 1. The SMILES string of the molecule is CCOC(=O)N1CCC(NC(N)=NCc2ccc(CN3CCCCC3C)cc2)CC1.I. The summed E-state index contributed by atoms with van der Waals surface area (Å²) in [6.07, 6.45) is 5.44. The van der Waals surface area contributed by atoms with E-state index in [4.69, 9.17) is 10.5 Å². The van der Waals surface area contributed by atoms with Crippen molar-refractivity contribution in [1.29, 1.82) is 0 Å². The van der Waals surface area contributed by atoms with Crippen LogP contribution in [0.4, 0.5) is 4.79 Å². The van der Waals surface area contributed by atoms with Crippen molar-refractivity contribution in [2.45, 2.75) is 71.1 Å². The Morgan fingerprint density at radius 3 is 2.45 bits per heavy atom. The lowest BCUT2D eigenvalue weighted by atomic mass is 10.0. The molecule has 2 heterocycles. The molecule has 2 aliphatic rings. The van der Waals surface area contributed by atoms with Gasteiger partial charge in [0, 0.05) is 31.7 Å². The van der Waals surface area contributed by atoms with E-state index in [1.54, 1.807) is 4.90 Å². The van der Waals surface area contributed by atoms with Crippen molar-refractivity contribution >= 4 is 36.0 Å². The van der Waals surface area contributed by atoms with Gasteiger partial charge in [0.25, 0.3) is 0 Å². The highest BCUT2D eigenvalue weighted by Gasteiger charge is 2.23. The molecular formula is C23H38IN5O2. The number of piperidine rings is 2. The first-order chi connectivity index (χ1) is 14.5. The lowest BCUT2D eigenvalue weighted by Gasteiger charge is -2.33. The number of nitrogens with zero attached hydrogens (tertiary/aromatic N) is 3. The minimum absolute atomic E-state index is 0. The third-order valence-corrected chi connectivity index (χ3v) is 6.15. The van der Waals surface area contributed by atoms with Crippen LogP contribution in [0.3, 0.4) is 0 Å². The number of guanidine groups is 1. The number of hydrogen-bond donors (Lipinski definition) is 2. The van der Waals surface area contributed by atoms with Gasteiger partial charge in [0.1, 0.15) is 0 Å². The van der Waals surface area contributed by atoms with Gasteiger partial charge in [-0.15, -0.1) is 24.0 Å². The molecule has 0 aromatic heterocycles. The molecule has 0 spiro atoms. The Morgan fingerprint density at radius 1 is 1.13 bits per heavy atom. The van der Waals surface area contributed by atoms with E-state index in [2.05, 4.69) is 46.4 Å². The minimum Gasteiger partial charge on any atom is -0.450 e. The molecular weight excluding hydrogens is 505 g/mol. The Balaban J connectivity index is 0.00000341. The minimum atomic E-state index is -0.226. The van der Waals surface area contributed by atoms with Gasteiger partial charge in [0.05, 0.1) is 13.2 Å². The first-order valence-corrected chi connectivity index (χ1v) is 11.3. The predicted octanol–water partition coefficient (Wildman–Crippen LogP) is 3.70. The van der Waals surface area contributed by atoms with Crippen LogP contribution in [0.15, 0.2) is 29.3 Å². The van der Waals surface area contributed by atoms with Crippen LogP contribution in [-0.4, -0.2) is 60.2 Å². The number of nitrogens with one attached hydrogen (secondary N) is 1. The Hall–Kier alpha value is -1.55.